The van der Waals surface area contributed by atoms with E-state index in [2.05, 4.69) is 6.58 Å². The number of aliphatic hydroxyl groups is 1. The molecule has 0 radical (unpaired) electrons. The molecule has 2 atom stereocenters. The van der Waals surface area contributed by atoms with E-state index < -0.39 is 30.1 Å². The fourth-order valence-electron chi connectivity index (χ4n) is 2.21. The normalized spacial score (nSPS) is 12.3. The molecule has 152 valence electrons. The van der Waals surface area contributed by atoms with E-state index in [4.69, 9.17) is 14.2 Å². The number of carbonyl (C=O) groups excluding carboxylic acids is 3. The molecule has 0 unspecified atom stereocenters. The van der Waals surface area contributed by atoms with E-state index in [1.807, 2.05) is 0 Å². The molecule has 2 aromatic rings. The first-order chi connectivity index (χ1) is 13.9. The fraction of sp³-hybridized carbons (Fsp3) is 0.227. The standard InChI is InChI=1S/C22H22O7/c1-15(2)20(24)29-19(22(26)28-14-17-11-7-4-8-12-17)18(23)21(25)27-13-16-9-5-3-6-10-16/h3-12,18-19,23H,1,13-14H2,2H3/t18-,19-/m1/s1. The number of hydrogen-bond donors (Lipinski definition) is 1. The molecule has 2 aromatic carbocycles. The Labute approximate surface area is 168 Å². The molecule has 0 aromatic heterocycles. The lowest BCUT2D eigenvalue weighted by Gasteiger charge is -2.21. The topological polar surface area (TPSA) is 99.1 Å². The summed E-state index contributed by atoms with van der Waals surface area (Å²) < 4.78 is 15.0. The maximum Gasteiger partial charge on any atom is 0.351 e. The maximum atomic E-state index is 12.4. The van der Waals surface area contributed by atoms with Crippen LogP contribution in [0.2, 0.25) is 0 Å². The third-order valence-corrected chi connectivity index (χ3v) is 3.79. The Morgan fingerprint density at radius 3 is 1.76 bits per heavy atom. The van der Waals surface area contributed by atoms with Crippen LogP contribution >= 0.6 is 0 Å². The van der Waals surface area contributed by atoms with Crippen LogP contribution < -0.4 is 0 Å². The number of rotatable bonds is 9. The van der Waals surface area contributed by atoms with Crippen LogP contribution in [0.3, 0.4) is 0 Å². The van der Waals surface area contributed by atoms with Crippen LogP contribution in [-0.4, -0.2) is 35.2 Å². The van der Waals surface area contributed by atoms with Crippen molar-refractivity contribution < 1.29 is 33.7 Å². The molecule has 1 N–H and O–H groups in total. The lowest BCUT2D eigenvalue weighted by Crippen LogP contribution is -2.44. The smallest absolute Gasteiger partial charge is 0.351 e. The van der Waals surface area contributed by atoms with Crippen molar-refractivity contribution >= 4 is 17.9 Å². The van der Waals surface area contributed by atoms with Crippen LogP contribution in [-0.2, 0) is 41.8 Å². The third-order valence-electron chi connectivity index (χ3n) is 3.79. The van der Waals surface area contributed by atoms with Crippen molar-refractivity contribution in [2.24, 2.45) is 0 Å². The number of esters is 3. The van der Waals surface area contributed by atoms with Crippen LogP contribution in [0.15, 0.2) is 72.8 Å². The van der Waals surface area contributed by atoms with E-state index in [0.717, 1.165) is 0 Å². The van der Waals surface area contributed by atoms with Gasteiger partial charge in [0.15, 0.2) is 6.10 Å². The zero-order chi connectivity index (χ0) is 21.2. The molecular formula is C22H22O7. The lowest BCUT2D eigenvalue weighted by molar-refractivity contribution is -0.183. The largest absolute Gasteiger partial charge is 0.459 e. The average Bonchev–Trinajstić information content (AvgIpc) is 2.74. The minimum absolute atomic E-state index is 0.00397. The Hall–Kier alpha value is -3.45. The minimum atomic E-state index is -2.05. The summed E-state index contributed by atoms with van der Waals surface area (Å²) >= 11 is 0. The van der Waals surface area contributed by atoms with Gasteiger partial charge in [0.25, 0.3) is 0 Å². The number of benzene rings is 2. The highest BCUT2D eigenvalue weighted by molar-refractivity contribution is 5.92. The summed E-state index contributed by atoms with van der Waals surface area (Å²) in [7, 11) is 0. The van der Waals surface area contributed by atoms with Gasteiger partial charge in [0.1, 0.15) is 13.2 Å². The SMILES string of the molecule is C=C(C)C(=O)O[C@@H](C(=O)OCc1ccccc1)[C@@H](O)C(=O)OCc1ccccc1. The number of ether oxygens (including phenoxy) is 3. The first kappa shape index (κ1) is 21.8. The second kappa shape index (κ2) is 10.8. The zero-order valence-corrected chi connectivity index (χ0v) is 15.9. The highest BCUT2D eigenvalue weighted by atomic mass is 16.6. The predicted molar refractivity (Wildman–Crippen MR) is 103 cm³/mol. The summed E-state index contributed by atoms with van der Waals surface area (Å²) in [6.45, 7) is 4.55. The Morgan fingerprint density at radius 2 is 1.31 bits per heavy atom. The van der Waals surface area contributed by atoms with Gasteiger partial charge in [-0.05, 0) is 18.1 Å². The van der Waals surface area contributed by atoms with Gasteiger partial charge in [-0.1, -0.05) is 67.2 Å². The third kappa shape index (κ3) is 6.90. The Kier molecular flexibility index (Phi) is 8.12. The predicted octanol–water partition coefficient (Wildman–Crippen LogP) is 2.32. The molecule has 0 spiro atoms. The molecular weight excluding hydrogens is 376 g/mol. The van der Waals surface area contributed by atoms with Crippen molar-refractivity contribution in [3.8, 4) is 0 Å². The maximum absolute atomic E-state index is 12.4. The Morgan fingerprint density at radius 1 is 0.862 bits per heavy atom. The van der Waals surface area contributed by atoms with Gasteiger partial charge in [-0.2, -0.15) is 0 Å². The summed E-state index contributed by atoms with van der Waals surface area (Å²) in [5.41, 5.74) is 1.37. The number of aliphatic hydroxyl groups excluding tert-OH is 1. The van der Waals surface area contributed by atoms with Crippen LogP contribution in [0.1, 0.15) is 18.1 Å². The van der Waals surface area contributed by atoms with E-state index in [1.54, 1.807) is 60.7 Å². The summed E-state index contributed by atoms with van der Waals surface area (Å²) in [4.78, 5) is 36.4. The Bertz CT molecular complexity index is 846. The van der Waals surface area contributed by atoms with E-state index in [9.17, 15) is 19.5 Å². The highest BCUT2D eigenvalue weighted by Crippen LogP contribution is 2.11. The molecule has 0 amide bonds. The van der Waals surface area contributed by atoms with Crippen molar-refractivity contribution in [2.75, 3.05) is 0 Å². The van der Waals surface area contributed by atoms with Crippen molar-refractivity contribution in [1.82, 2.24) is 0 Å². The summed E-state index contributed by atoms with van der Waals surface area (Å²) in [6.07, 6.45) is -3.93. The van der Waals surface area contributed by atoms with Crippen molar-refractivity contribution in [1.29, 1.82) is 0 Å². The molecule has 0 bridgehead atoms. The minimum Gasteiger partial charge on any atom is -0.459 e. The molecule has 0 heterocycles. The highest BCUT2D eigenvalue weighted by Gasteiger charge is 2.38. The molecule has 0 aliphatic rings. The van der Waals surface area contributed by atoms with Gasteiger partial charge in [-0.25, -0.2) is 14.4 Å². The van der Waals surface area contributed by atoms with Crippen LogP contribution in [0.5, 0.6) is 0 Å². The monoisotopic (exact) mass is 398 g/mol. The molecule has 0 aliphatic heterocycles. The van der Waals surface area contributed by atoms with Crippen molar-refractivity contribution in [3.63, 3.8) is 0 Å². The molecule has 0 aliphatic carbocycles. The molecule has 7 heteroatoms. The van der Waals surface area contributed by atoms with Gasteiger partial charge < -0.3 is 19.3 Å². The molecule has 29 heavy (non-hydrogen) atoms. The van der Waals surface area contributed by atoms with E-state index in [1.165, 1.54) is 6.92 Å². The van der Waals surface area contributed by atoms with Gasteiger partial charge in [0.2, 0.25) is 6.10 Å². The molecule has 0 saturated heterocycles. The van der Waals surface area contributed by atoms with Gasteiger partial charge in [0.05, 0.1) is 0 Å². The van der Waals surface area contributed by atoms with Crippen molar-refractivity contribution in [3.05, 3.63) is 83.9 Å². The quantitative estimate of drug-likeness (QED) is 0.393. The molecule has 0 fully saturated rings. The van der Waals surface area contributed by atoms with E-state index in [-0.39, 0.29) is 18.8 Å². The average molecular weight is 398 g/mol. The van der Waals surface area contributed by atoms with Crippen LogP contribution in [0, 0.1) is 0 Å². The van der Waals surface area contributed by atoms with Gasteiger partial charge >= 0.3 is 17.9 Å². The molecule has 2 rings (SSSR count). The zero-order valence-electron chi connectivity index (χ0n) is 15.9. The van der Waals surface area contributed by atoms with Gasteiger partial charge in [-0.15, -0.1) is 0 Å². The number of carbonyl (C=O) groups is 3. The lowest BCUT2D eigenvalue weighted by atomic mass is 10.2. The fourth-order valence-corrected chi connectivity index (χ4v) is 2.21. The second-order valence-corrected chi connectivity index (χ2v) is 6.24. The van der Waals surface area contributed by atoms with Gasteiger partial charge in [0, 0.05) is 5.57 Å². The summed E-state index contributed by atoms with van der Waals surface area (Å²) in [5.74, 6) is -3.14. The summed E-state index contributed by atoms with van der Waals surface area (Å²) in [6, 6.07) is 17.6. The van der Waals surface area contributed by atoms with E-state index in [0.29, 0.717) is 11.1 Å². The first-order valence-electron chi connectivity index (χ1n) is 8.84. The molecule has 7 nitrogen and oxygen atoms in total. The Balaban J connectivity index is 2.04. The van der Waals surface area contributed by atoms with Crippen LogP contribution in [0.25, 0.3) is 0 Å². The second-order valence-electron chi connectivity index (χ2n) is 6.24. The number of hydrogen-bond acceptors (Lipinski definition) is 7. The van der Waals surface area contributed by atoms with Crippen molar-refractivity contribution in [2.45, 2.75) is 32.3 Å². The summed E-state index contributed by atoms with van der Waals surface area (Å²) in [5, 5.41) is 10.3. The van der Waals surface area contributed by atoms with Gasteiger partial charge in [-0.3, -0.25) is 0 Å². The van der Waals surface area contributed by atoms with E-state index >= 15 is 0 Å². The van der Waals surface area contributed by atoms with Crippen LogP contribution in [0.4, 0.5) is 0 Å². The molecule has 0 saturated carbocycles. The first-order valence-corrected chi connectivity index (χ1v) is 8.84.